The highest BCUT2D eigenvalue weighted by Gasteiger charge is 2.06. The van der Waals surface area contributed by atoms with Crippen LogP contribution < -0.4 is 10.6 Å². The second-order valence-corrected chi connectivity index (χ2v) is 7.54. The molecule has 0 amide bonds. The summed E-state index contributed by atoms with van der Waals surface area (Å²) in [6, 6.07) is 13.4. The highest BCUT2D eigenvalue weighted by molar-refractivity contribution is 14.0. The Labute approximate surface area is 198 Å². The van der Waals surface area contributed by atoms with Gasteiger partial charge in [0.25, 0.3) is 0 Å². The van der Waals surface area contributed by atoms with Crippen LogP contribution >= 0.6 is 35.7 Å². The molecule has 0 aliphatic rings. The molecule has 0 saturated heterocycles. The van der Waals surface area contributed by atoms with Crippen molar-refractivity contribution >= 4 is 41.7 Å². The summed E-state index contributed by atoms with van der Waals surface area (Å²) in [7, 11) is 1.75. The first-order valence-electron chi connectivity index (χ1n) is 9.42. The number of rotatable bonds is 8. The minimum Gasteiger partial charge on any atom is -0.352 e. The van der Waals surface area contributed by atoms with Gasteiger partial charge >= 0.3 is 0 Å². The van der Waals surface area contributed by atoms with Crippen LogP contribution in [0, 0.1) is 5.82 Å². The van der Waals surface area contributed by atoms with Gasteiger partial charge in [0, 0.05) is 44.8 Å². The minimum atomic E-state index is -0.197. The van der Waals surface area contributed by atoms with Crippen LogP contribution in [0.15, 0.2) is 66.2 Å². The van der Waals surface area contributed by atoms with Gasteiger partial charge in [-0.3, -0.25) is 4.99 Å². The summed E-state index contributed by atoms with van der Waals surface area (Å²) in [5.41, 5.74) is 4.49. The first kappa shape index (κ1) is 24.2. The zero-order valence-corrected chi connectivity index (χ0v) is 20.3. The van der Waals surface area contributed by atoms with E-state index < -0.39 is 0 Å². The van der Waals surface area contributed by atoms with E-state index >= 15 is 0 Å². The van der Waals surface area contributed by atoms with Crippen LogP contribution in [0.5, 0.6) is 0 Å². The van der Waals surface area contributed by atoms with Gasteiger partial charge in [0.1, 0.15) is 5.82 Å². The third kappa shape index (κ3) is 7.32. The Balaban J connectivity index is 0.00000320. The van der Waals surface area contributed by atoms with E-state index in [0.29, 0.717) is 19.0 Å². The molecule has 8 heteroatoms. The fraction of sp³-hybridized carbons (Fsp3) is 0.273. The Morgan fingerprint density at radius 3 is 2.47 bits per heavy atom. The molecule has 0 spiro atoms. The quantitative estimate of drug-likeness (QED) is 0.253. The van der Waals surface area contributed by atoms with Gasteiger partial charge in [-0.15, -0.1) is 24.0 Å². The third-order valence-corrected chi connectivity index (χ3v) is 5.14. The molecule has 0 unspecified atom stereocenters. The average molecular weight is 539 g/mol. The van der Waals surface area contributed by atoms with Gasteiger partial charge in [0.2, 0.25) is 0 Å². The maximum absolute atomic E-state index is 13.5. The van der Waals surface area contributed by atoms with Crippen molar-refractivity contribution in [1.82, 2.24) is 20.2 Å². The molecular formula is C22H27FIN5S. The molecular weight excluding hydrogens is 512 g/mol. The predicted octanol–water partition coefficient (Wildman–Crippen LogP) is 4.42. The highest BCUT2D eigenvalue weighted by atomic mass is 127. The number of nitrogens with one attached hydrogen (secondary N) is 2. The largest absolute Gasteiger partial charge is 0.352 e. The third-order valence-electron chi connectivity index (χ3n) is 4.55. The van der Waals surface area contributed by atoms with Crippen LogP contribution in [0.25, 0.3) is 0 Å². The van der Waals surface area contributed by atoms with E-state index in [0.717, 1.165) is 23.4 Å². The van der Waals surface area contributed by atoms with Crippen LogP contribution in [-0.4, -0.2) is 28.8 Å². The van der Waals surface area contributed by atoms with Crippen LogP contribution in [-0.2, 0) is 25.4 Å². The van der Waals surface area contributed by atoms with Crippen LogP contribution in [0.4, 0.5) is 4.39 Å². The lowest BCUT2D eigenvalue weighted by Gasteiger charge is -2.14. The molecule has 1 aromatic heterocycles. The Morgan fingerprint density at radius 2 is 1.80 bits per heavy atom. The number of thioether (sulfide) groups is 1. The fourth-order valence-corrected chi connectivity index (χ4v) is 3.58. The monoisotopic (exact) mass is 539 g/mol. The zero-order chi connectivity index (χ0) is 20.5. The fourth-order valence-electron chi connectivity index (χ4n) is 3.00. The molecule has 0 bridgehead atoms. The maximum Gasteiger partial charge on any atom is 0.191 e. The molecule has 30 heavy (non-hydrogen) atoms. The molecule has 1 heterocycles. The standard InChI is InChI=1S/C22H26FN5S.HI/c1-24-22(27-13-19-7-8-21(23)11-20(19)15-29-2)26-12-17-3-5-18(6-4-17)14-28-10-9-25-16-28;/h3-11,16H,12-15H2,1-2H3,(H2,24,26,27);1H. The lowest BCUT2D eigenvalue weighted by Crippen LogP contribution is -2.36. The van der Waals surface area contributed by atoms with E-state index in [1.54, 1.807) is 31.1 Å². The summed E-state index contributed by atoms with van der Waals surface area (Å²) >= 11 is 1.68. The van der Waals surface area contributed by atoms with E-state index in [4.69, 9.17) is 0 Å². The van der Waals surface area contributed by atoms with Crippen molar-refractivity contribution < 1.29 is 4.39 Å². The number of guanidine groups is 1. The smallest absolute Gasteiger partial charge is 0.191 e. The zero-order valence-electron chi connectivity index (χ0n) is 17.1. The molecule has 160 valence electrons. The van der Waals surface area contributed by atoms with Gasteiger partial charge in [-0.2, -0.15) is 11.8 Å². The van der Waals surface area contributed by atoms with Gasteiger partial charge in [0.05, 0.1) is 6.33 Å². The van der Waals surface area contributed by atoms with Crippen molar-refractivity contribution in [3.05, 3.63) is 89.3 Å². The van der Waals surface area contributed by atoms with E-state index in [1.165, 1.54) is 17.2 Å². The van der Waals surface area contributed by atoms with Crippen molar-refractivity contribution in [2.24, 2.45) is 4.99 Å². The number of imidazole rings is 1. The molecule has 0 radical (unpaired) electrons. The summed E-state index contributed by atoms with van der Waals surface area (Å²) in [5, 5.41) is 6.64. The Hall–Kier alpha value is -2.07. The van der Waals surface area contributed by atoms with Crippen LogP contribution in [0.3, 0.4) is 0 Å². The van der Waals surface area contributed by atoms with Crippen LogP contribution in [0.2, 0.25) is 0 Å². The molecule has 0 aliphatic carbocycles. The summed E-state index contributed by atoms with van der Waals surface area (Å²) < 4.78 is 15.5. The molecule has 0 aliphatic heterocycles. The predicted molar refractivity (Wildman–Crippen MR) is 134 cm³/mol. The number of hydrogen-bond donors (Lipinski definition) is 2. The Bertz CT molecular complexity index is 929. The van der Waals surface area contributed by atoms with E-state index in [1.807, 2.05) is 29.4 Å². The summed E-state index contributed by atoms with van der Waals surface area (Å²) in [6.45, 7) is 2.08. The Morgan fingerprint density at radius 1 is 1.07 bits per heavy atom. The number of hydrogen-bond acceptors (Lipinski definition) is 3. The maximum atomic E-state index is 13.5. The lowest BCUT2D eigenvalue weighted by molar-refractivity contribution is 0.625. The van der Waals surface area contributed by atoms with Crippen molar-refractivity contribution in [2.75, 3.05) is 13.3 Å². The molecule has 0 saturated carbocycles. The topological polar surface area (TPSA) is 54.2 Å². The summed E-state index contributed by atoms with van der Waals surface area (Å²) in [5.74, 6) is 1.30. The van der Waals surface area contributed by atoms with Crippen molar-refractivity contribution in [3.63, 3.8) is 0 Å². The van der Waals surface area contributed by atoms with E-state index in [-0.39, 0.29) is 29.8 Å². The second-order valence-electron chi connectivity index (χ2n) is 6.68. The number of halogens is 2. The van der Waals surface area contributed by atoms with Gasteiger partial charge in [-0.05, 0) is 40.6 Å². The van der Waals surface area contributed by atoms with Crippen LogP contribution in [0.1, 0.15) is 22.3 Å². The molecule has 5 nitrogen and oxygen atoms in total. The van der Waals surface area contributed by atoms with Gasteiger partial charge in [-0.1, -0.05) is 30.3 Å². The number of nitrogens with zero attached hydrogens (tertiary/aromatic N) is 3. The molecule has 2 aromatic carbocycles. The first-order valence-corrected chi connectivity index (χ1v) is 10.8. The molecule has 2 N–H and O–H groups in total. The number of benzene rings is 2. The summed E-state index contributed by atoms with van der Waals surface area (Å²) in [4.78, 5) is 8.35. The molecule has 0 fully saturated rings. The van der Waals surface area contributed by atoms with Crippen molar-refractivity contribution in [3.8, 4) is 0 Å². The Kier molecular flexibility index (Phi) is 10.2. The van der Waals surface area contributed by atoms with Crippen molar-refractivity contribution in [2.45, 2.75) is 25.4 Å². The molecule has 3 aromatic rings. The normalized spacial score (nSPS) is 11.1. The van der Waals surface area contributed by atoms with E-state index in [9.17, 15) is 4.39 Å². The molecule has 3 rings (SSSR count). The SMILES string of the molecule is CN=C(NCc1ccc(Cn2ccnc2)cc1)NCc1ccc(F)cc1CSC.I. The van der Waals surface area contributed by atoms with Gasteiger partial charge in [0.15, 0.2) is 5.96 Å². The van der Waals surface area contributed by atoms with Crippen molar-refractivity contribution in [1.29, 1.82) is 0 Å². The minimum absolute atomic E-state index is 0. The summed E-state index contributed by atoms with van der Waals surface area (Å²) in [6.07, 6.45) is 7.57. The van der Waals surface area contributed by atoms with Gasteiger partial charge in [-0.25, -0.2) is 9.37 Å². The van der Waals surface area contributed by atoms with Gasteiger partial charge < -0.3 is 15.2 Å². The number of aliphatic imine (C=N–C) groups is 1. The average Bonchev–Trinajstić information content (AvgIpc) is 3.24. The lowest BCUT2D eigenvalue weighted by atomic mass is 10.1. The van der Waals surface area contributed by atoms with E-state index in [2.05, 4.69) is 44.9 Å². The first-order chi connectivity index (χ1) is 14.2. The second kappa shape index (κ2) is 12.6. The number of aromatic nitrogens is 2. The molecule has 0 atom stereocenters. The highest BCUT2D eigenvalue weighted by Crippen LogP contribution is 2.16.